The van der Waals surface area contributed by atoms with Crippen LogP contribution in [-0.4, -0.2) is 22.0 Å². The molecule has 0 amide bonds. The third kappa shape index (κ3) is 2.83. The maximum absolute atomic E-state index is 11.0. The smallest absolute Gasteiger partial charge is 0.280 e. The number of nitrogen functional groups attached to an aromatic ring is 1. The van der Waals surface area contributed by atoms with Gasteiger partial charge in [-0.3, -0.25) is 10.1 Å². The summed E-state index contributed by atoms with van der Waals surface area (Å²) >= 11 is 0. The lowest BCUT2D eigenvalue weighted by Crippen LogP contribution is -2.02. The Morgan fingerprint density at radius 1 is 1.37 bits per heavy atom. The molecule has 1 aromatic heterocycles. The van der Waals surface area contributed by atoms with Crippen LogP contribution in [0.25, 0.3) is 11.4 Å². The fourth-order valence-corrected chi connectivity index (χ4v) is 1.68. The van der Waals surface area contributed by atoms with Gasteiger partial charge in [-0.25, -0.2) is 9.97 Å². The van der Waals surface area contributed by atoms with E-state index in [4.69, 9.17) is 10.5 Å². The molecular formula is C12H12N4O3. The average Bonchev–Trinajstić information content (AvgIpc) is 2.38. The molecule has 2 aromatic rings. The van der Waals surface area contributed by atoms with Crippen LogP contribution in [0.2, 0.25) is 0 Å². The minimum atomic E-state index is -0.474. The molecule has 98 valence electrons. The van der Waals surface area contributed by atoms with Crippen molar-refractivity contribution < 1.29 is 9.66 Å². The molecule has 0 radical (unpaired) electrons. The molecule has 7 heteroatoms. The summed E-state index contributed by atoms with van der Waals surface area (Å²) in [4.78, 5) is 18.8. The Bertz CT molecular complexity index is 616. The van der Waals surface area contributed by atoms with Crippen molar-refractivity contribution in [1.82, 2.24) is 9.97 Å². The normalized spacial score (nSPS) is 10.4. The molecule has 0 spiro atoms. The Hall–Kier alpha value is -2.54. The topological polar surface area (TPSA) is 104 Å². The molecule has 0 fully saturated rings. The lowest BCUT2D eigenvalue weighted by atomic mass is 10.1. The minimum Gasteiger partial charge on any atom is -0.384 e. The molecule has 1 heterocycles. The standard InChI is InChI=1S/C12H12N4O3/c1-19-7-8-6-11(13)15-12(14-8)9-4-2-3-5-10(9)16(17)18/h2-6H,7H2,1H3,(H2,13,14,15). The first-order chi connectivity index (χ1) is 9.11. The highest BCUT2D eigenvalue weighted by Gasteiger charge is 2.17. The van der Waals surface area contributed by atoms with Gasteiger partial charge in [0.05, 0.1) is 22.8 Å². The van der Waals surface area contributed by atoms with Crippen LogP contribution in [0.3, 0.4) is 0 Å². The van der Waals surface area contributed by atoms with Gasteiger partial charge in [0.1, 0.15) is 5.82 Å². The van der Waals surface area contributed by atoms with Crippen LogP contribution in [-0.2, 0) is 11.3 Å². The molecular weight excluding hydrogens is 248 g/mol. The molecule has 0 unspecified atom stereocenters. The fourth-order valence-electron chi connectivity index (χ4n) is 1.68. The Kier molecular flexibility index (Phi) is 3.67. The molecule has 1 aromatic carbocycles. The van der Waals surface area contributed by atoms with Gasteiger partial charge in [-0.2, -0.15) is 0 Å². The van der Waals surface area contributed by atoms with Crippen LogP contribution in [0.15, 0.2) is 30.3 Å². The number of nitrogens with two attached hydrogens (primary N) is 1. The number of nitro groups is 1. The summed E-state index contributed by atoms with van der Waals surface area (Å²) in [6, 6.07) is 7.83. The molecule has 19 heavy (non-hydrogen) atoms. The van der Waals surface area contributed by atoms with Gasteiger partial charge in [0.2, 0.25) is 0 Å². The van der Waals surface area contributed by atoms with Gasteiger partial charge in [0, 0.05) is 19.2 Å². The van der Waals surface area contributed by atoms with Crippen LogP contribution >= 0.6 is 0 Å². The number of methoxy groups -OCH3 is 1. The van der Waals surface area contributed by atoms with E-state index in [-0.39, 0.29) is 23.9 Å². The van der Waals surface area contributed by atoms with Gasteiger partial charge in [0.15, 0.2) is 5.82 Å². The number of para-hydroxylation sites is 1. The first kappa shape index (κ1) is 12.9. The van der Waals surface area contributed by atoms with Crippen molar-refractivity contribution in [3.8, 4) is 11.4 Å². The molecule has 0 saturated carbocycles. The maximum atomic E-state index is 11.0. The predicted octanol–water partition coefficient (Wildman–Crippen LogP) is 1.78. The Morgan fingerprint density at radius 3 is 2.79 bits per heavy atom. The number of anilines is 1. The maximum Gasteiger partial charge on any atom is 0.280 e. The van der Waals surface area contributed by atoms with E-state index >= 15 is 0 Å². The van der Waals surface area contributed by atoms with E-state index in [9.17, 15) is 10.1 Å². The van der Waals surface area contributed by atoms with Gasteiger partial charge in [0.25, 0.3) is 5.69 Å². The van der Waals surface area contributed by atoms with Crippen LogP contribution in [0, 0.1) is 10.1 Å². The zero-order valence-electron chi connectivity index (χ0n) is 10.2. The van der Waals surface area contributed by atoms with Crippen molar-refractivity contribution in [3.63, 3.8) is 0 Å². The van der Waals surface area contributed by atoms with Crippen LogP contribution in [0.5, 0.6) is 0 Å². The SMILES string of the molecule is COCc1cc(N)nc(-c2ccccc2[N+](=O)[O-])n1. The predicted molar refractivity (Wildman–Crippen MR) is 69.2 cm³/mol. The van der Waals surface area contributed by atoms with Crippen molar-refractivity contribution in [3.05, 3.63) is 46.1 Å². The molecule has 2 rings (SSSR count). The third-order valence-electron chi connectivity index (χ3n) is 2.43. The summed E-state index contributed by atoms with van der Waals surface area (Å²) in [5.74, 6) is 0.467. The van der Waals surface area contributed by atoms with Gasteiger partial charge >= 0.3 is 0 Å². The molecule has 2 N–H and O–H groups in total. The van der Waals surface area contributed by atoms with E-state index in [2.05, 4.69) is 9.97 Å². The molecule has 0 saturated heterocycles. The molecule has 0 bridgehead atoms. The Morgan fingerprint density at radius 2 is 2.11 bits per heavy atom. The molecule has 0 atom stereocenters. The van der Waals surface area contributed by atoms with Gasteiger partial charge in [-0.1, -0.05) is 12.1 Å². The number of hydrogen-bond donors (Lipinski definition) is 1. The fraction of sp³-hybridized carbons (Fsp3) is 0.167. The zero-order chi connectivity index (χ0) is 13.8. The first-order valence-corrected chi connectivity index (χ1v) is 5.48. The first-order valence-electron chi connectivity index (χ1n) is 5.48. The van der Waals surface area contributed by atoms with Crippen LogP contribution in [0.1, 0.15) is 5.69 Å². The Labute approximate surface area is 109 Å². The van der Waals surface area contributed by atoms with E-state index in [1.165, 1.54) is 13.2 Å². The van der Waals surface area contributed by atoms with Gasteiger partial charge in [-0.15, -0.1) is 0 Å². The zero-order valence-corrected chi connectivity index (χ0v) is 10.2. The van der Waals surface area contributed by atoms with Crippen molar-refractivity contribution in [2.75, 3.05) is 12.8 Å². The Balaban J connectivity index is 2.55. The number of benzene rings is 1. The molecule has 7 nitrogen and oxygen atoms in total. The number of rotatable bonds is 4. The van der Waals surface area contributed by atoms with Crippen molar-refractivity contribution in [2.45, 2.75) is 6.61 Å². The van der Waals surface area contributed by atoms with Gasteiger partial charge < -0.3 is 10.5 Å². The summed E-state index contributed by atoms with van der Waals surface area (Å²) < 4.78 is 4.97. The van der Waals surface area contributed by atoms with E-state index in [0.29, 0.717) is 11.3 Å². The second kappa shape index (κ2) is 5.40. The van der Waals surface area contributed by atoms with Gasteiger partial charge in [-0.05, 0) is 6.07 Å². The monoisotopic (exact) mass is 260 g/mol. The number of nitrogens with zero attached hydrogens (tertiary/aromatic N) is 3. The average molecular weight is 260 g/mol. The van der Waals surface area contributed by atoms with Crippen LogP contribution < -0.4 is 5.73 Å². The minimum absolute atomic E-state index is 0.0588. The molecule has 0 aliphatic rings. The molecule has 0 aliphatic heterocycles. The second-order valence-electron chi connectivity index (χ2n) is 3.82. The van der Waals surface area contributed by atoms with Crippen molar-refractivity contribution in [2.24, 2.45) is 0 Å². The second-order valence-corrected chi connectivity index (χ2v) is 3.82. The summed E-state index contributed by atoms with van der Waals surface area (Å²) in [6.07, 6.45) is 0. The summed E-state index contributed by atoms with van der Waals surface area (Å²) in [5.41, 5.74) is 6.52. The van der Waals surface area contributed by atoms with Crippen molar-refractivity contribution >= 4 is 11.5 Å². The lowest BCUT2D eigenvalue weighted by Gasteiger charge is -2.05. The number of aromatic nitrogens is 2. The quantitative estimate of drug-likeness (QED) is 0.663. The number of ether oxygens (including phenoxy) is 1. The summed E-state index contributed by atoms with van der Waals surface area (Å²) in [5, 5.41) is 11.0. The van der Waals surface area contributed by atoms with Crippen LogP contribution in [0.4, 0.5) is 11.5 Å². The highest BCUT2D eigenvalue weighted by Crippen LogP contribution is 2.27. The lowest BCUT2D eigenvalue weighted by molar-refractivity contribution is -0.384. The highest BCUT2D eigenvalue weighted by atomic mass is 16.6. The third-order valence-corrected chi connectivity index (χ3v) is 2.43. The number of nitro benzene ring substituents is 1. The van der Waals surface area contributed by atoms with E-state index in [1.807, 2.05) is 0 Å². The van der Waals surface area contributed by atoms with E-state index in [1.54, 1.807) is 24.3 Å². The van der Waals surface area contributed by atoms with E-state index < -0.39 is 4.92 Å². The number of hydrogen-bond acceptors (Lipinski definition) is 6. The molecule has 0 aliphatic carbocycles. The largest absolute Gasteiger partial charge is 0.384 e. The van der Waals surface area contributed by atoms with E-state index in [0.717, 1.165) is 0 Å². The summed E-state index contributed by atoms with van der Waals surface area (Å²) in [7, 11) is 1.53. The van der Waals surface area contributed by atoms with Crippen molar-refractivity contribution in [1.29, 1.82) is 0 Å². The highest BCUT2D eigenvalue weighted by molar-refractivity contribution is 5.68. The summed E-state index contributed by atoms with van der Waals surface area (Å²) in [6.45, 7) is 0.264.